The largest absolute Gasteiger partial charge is 0.484 e. The Hall–Kier alpha value is -3.31. The van der Waals surface area contributed by atoms with Gasteiger partial charge in [-0.15, -0.1) is 0 Å². The monoisotopic (exact) mass is 506 g/mol. The molecule has 36 heavy (non-hydrogen) atoms. The molecule has 0 aliphatic rings. The summed E-state index contributed by atoms with van der Waals surface area (Å²) in [6.45, 7) is 8.07. The van der Waals surface area contributed by atoms with Crippen molar-refractivity contribution in [2.75, 3.05) is 6.61 Å². The molecule has 3 aromatic rings. The second-order valence-corrected chi connectivity index (χ2v) is 9.65. The first kappa shape index (κ1) is 27.3. The Labute approximate surface area is 219 Å². The van der Waals surface area contributed by atoms with Crippen LogP contribution in [0.5, 0.6) is 5.75 Å². The Balaban J connectivity index is 1.91. The first-order valence-electron chi connectivity index (χ1n) is 12.3. The van der Waals surface area contributed by atoms with Crippen LogP contribution in [0.3, 0.4) is 0 Å². The summed E-state index contributed by atoms with van der Waals surface area (Å²) < 4.78 is 5.88. The minimum atomic E-state index is -0.712. The van der Waals surface area contributed by atoms with Crippen LogP contribution in [0.4, 0.5) is 0 Å². The maximum absolute atomic E-state index is 13.6. The molecule has 5 nitrogen and oxygen atoms in total. The highest BCUT2D eigenvalue weighted by Crippen LogP contribution is 2.20. The average molecular weight is 507 g/mol. The molecule has 2 atom stereocenters. The van der Waals surface area contributed by atoms with E-state index in [0.717, 1.165) is 28.7 Å². The lowest BCUT2D eigenvalue weighted by Gasteiger charge is -2.32. The first-order valence-corrected chi connectivity index (χ1v) is 12.7. The lowest BCUT2D eigenvalue weighted by Crippen LogP contribution is -2.53. The third-order valence-electron chi connectivity index (χ3n) is 6.35. The normalized spacial score (nSPS) is 12.5. The molecule has 0 bridgehead atoms. The van der Waals surface area contributed by atoms with E-state index in [4.69, 9.17) is 16.3 Å². The van der Waals surface area contributed by atoms with E-state index in [0.29, 0.717) is 17.2 Å². The molecule has 3 aromatic carbocycles. The highest BCUT2D eigenvalue weighted by atomic mass is 35.5. The fourth-order valence-corrected chi connectivity index (χ4v) is 4.07. The van der Waals surface area contributed by atoms with Gasteiger partial charge in [-0.05, 0) is 73.7 Å². The molecule has 0 aliphatic carbocycles. The van der Waals surface area contributed by atoms with Crippen LogP contribution in [0.15, 0.2) is 72.8 Å². The number of aryl methyl sites for hydroxylation is 2. The minimum Gasteiger partial charge on any atom is -0.484 e. The number of nitrogens with one attached hydrogen (secondary N) is 1. The van der Waals surface area contributed by atoms with Crippen molar-refractivity contribution in [1.29, 1.82) is 0 Å². The Morgan fingerprint density at radius 3 is 2.33 bits per heavy atom. The third kappa shape index (κ3) is 7.85. The van der Waals surface area contributed by atoms with Gasteiger partial charge in [-0.25, -0.2) is 0 Å². The maximum atomic E-state index is 13.6. The second kappa shape index (κ2) is 13.1. The second-order valence-electron chi connectivity index (χ2n) is 9.21. The van der Waals surface area contributed by atoms with Gasteiger partial charge in [0.05, 0.1) is 0 Å². The molecule has 0 radical (unpaired) electrons. The van der Waals surface area contributed by atoms with Crippen molar-refractivity contribution < 1.29 is 14.3 Å². The van der Waals surface area contributed by atoms with Gasteiger partial charge < -0.3 is 15.0 Å². The van der Waals surface area contributed by atoms with Crippen molar-refractivity contribution in [1.82, 2.24) is 10.2 Å². The molecule has 0 saturated carbocycles. The standard InChI is InChI=1S/C30H35ClN2O3/c1-5-23(4)32-30(35)28(18-24-10-7-6-8-11-24)33(19-25-12-9-13-26(31)17-25)29(34)20-36-27-15-14-21(2)22(3)16-27/h6-17,23,28H,5,18-20H2,1-4H3,(H,32,35)/t23-,28-/m0/s1. The molecule has 6 heteroatoms. The third-order valence-corrected chi connectivity index (χ3v) is 6.59. The summed E-state index contributed by atoms with van der Waals surface area (Å²) in [5, 5.41) is 3.65. The van der Waals surface area contributed by atoms with Crippen molar-refractivity contribution in [2.24, 2.45) is 0 Å². The Morgan fingerprint density at radius 1 is 0.944 bits per heavy atom. The quantitative estimate of drug-likeness (QED) is 0.352. The zero-order valence-corrected chi connectivity index (χ0v) is 22.2. The van der Waals surface area contributed by atoms with Crippen LogP contribution >= 0.6 is 11.6 Å². The van der Waals surface area contributed by atoms with Crippen molar-refractivity contribution in [3.8, 4) is 5.75 Å². The van der Waals surface area contributed by atoms with Gasteiger partial charge in [-0.3, -0.25) is 9.59 Å². The van der Waals surface area contributed by atoms with Crippen LogP contribution < -0.4 is 10.1 Å². The summed E-state index contributed by atoms with van der Waals surface area (Å²) in [6.07, 6.45) is 1.18. The van der Waals surface area contributed by atoms with E-state index in [1.165, 1.54) is 0 Å². The van der Waals surface area contributed by atoms with Crippen molar-refractivity contribution in [2.45, 2.75) is 59.2 Å². The number of benzene rings is 3. The molecule has 0 aliphatic heterocycles. The van der Waals surface area contributed by atoms with Crippen molar-refractivity contribution in [3.63, 3.8) is 0 Å². The number of hydrogen-bond donors (Lipinski definition) is 1. The van der Waals surface area contributed by atoms with Crippen LogP contribution in [0, 0.1) is 13.8 Å². The van der Waals surface area contributed by atoms with E-state index in [9.17, 15) is 9.59 Å². The first-order chi connectivity index (χ1) is 17.3. The molecular formula is C30H35ClN2O3. The number of hydrogen-bond acceptors (Lipinski definition) is 3. The number of carbonyl (C=O) groups is 2. The Kier molecular flexibility index (Phi) is 9.95. The predicted octanol–water partition coefficient (Wildman–Crippen LogP) is 5.89. The highest BCUT2D eigenvalue weighted by molar-refractivity contribution is 6.30. The smallest absolute Gasteiger partial charge is 0.261 e. The van der Waals surface area contributed by atoms with Gasteiger partial charge in [-0.1, -0.05) is 67.1 Å². The molecule has 3 rings (SSSR count). The molecule has 0 aromatic heterocycles. The van der Waals surface area contributed by atoms with E-state index in [1.54, 1.807) is 11.0 Å². The fraction of sp³-hybridized carbons (Fsp3) is 0.333. The van der Waals surface area contributed by atoms with Gasteiger partial charge in [-0.2, -0.15) is 0 Å². The molecule has 0 spiro atoms. The molecule has 190 valence electrons. The van der Waals surface area contributed by atoms with Gasteiger partial charge in [0, 0.05) is 24.0 Å². The summed E-state index contributed by atoms with van der Waals surface area (Å²) in [7, 11) is 0. The number of carbonyl (C=O) groups excluding carboxylic acids is 2. The van der Waals surface area contributed by atoms with Crippen LogP contribution in [0.1, 0.15) is 42.5 Å². The van der Waals surface area contributed by atoms with E-state index >= 15 is 0 Å². The summed E-state index contributed by atoms with van der Waals surface area (Å²) in [5.41, 5.74) is 4.06. The summed E-state index contributed by atoms with van der Waals surface area (Å²) >= 11 is 6.23. The van der Waals surface area contributed by atoms with Crippen LogP contribution in [0.25, 0.3) is 0 Å². The van der Waals surface area contributed by atoms with Crippen molar-refractivity contribution >= 4 is 23.4 Å². The molecule has 0 fully saturated rings. The molecule has 0 heterocycles. The number of amides is 2. The lowest BCUT2D eigenvalue weighted by atomic mass is 10.0. The minimum absolute atomic E-state index is 0.00863. The number of rotatable bonds is 11. The van der Waals surface area contributed by atoms with E-state index in [1.807, 2.05) is 94.4 Å². The van der Waals surface area contributed by atoms with E-state index in [-0.39, 0.29) is 31.0 Å². The highest BCUT2D eigenvalue weighted by Gasteiger charge is 2.31. The molecule has 1 N–H and O–H groups in total. The van der Waals surface area contributed by atoms with Gasteiger partial charge in [0.1, 0.15) is 11.8 Å². The van der Waals surface area contributed by atoms with Crippen LogP contribution in [0.2, 0.25) is 5.02 Å². The molecule has 2 amide bonds. The zero-order chi connectivity index (χ0) is 26.1. The van der Waals surface area contributed by atoms with Crippen LogP contribution in [-0.4, -0.2) is 35.4 Å². The van der Waals surface area contributed by atoms with Gasteiger partial charge in [0.2, 0.25) is 5.91 Å². The van der Waals surface area contributed by atoms with Gasteiger partial charge in [0.25, 0.3) is 5.91 Å². The van der Waals surface area contributed by atoms with E-state index < -0.39 is 6.04 Å². The number of nitrogens with zero attached hydrogens (tertiary/aromatic N) is 1. The van der Waals surface area contributed by atoms with E-state index in [2.05, 4.69) is 5.32 Å². The topological polar surface area (TPSA) is 58.6 Å². The average Bonchev–Trinajstić information content (AvgIpc) is 2.87. The molecular weight excluding hydrogens is 472 g/mol. The summed E-state index contributed by atoms with van der Waals surface area (Å²) in [4.78, 5) is 28.8. The molecule has 0 unspecified atom stereocenters. The SMILES string of the molecule is CC[C@H](C)NC(=O)[C@H](Cc1ccccc1)N(Cc1cccc(Cl)c1)C(=O)COc1ccc(C)c(C)c1. The number of ether oxygens (including phenoxy) is 1. The summed E-state index contributed by atoms with van der Waals surface area (Å²) in [6, 6.07) is 22.1. The maximum Gasteiger partial charge on any atom is 0.261 e. The zero-order valence-electron chi connectivity index (χ0n) is 21.5. The summed E-state index contributed by atoms with van der Waals surface area (Å²) in [5.74, 6) is 0.168. The predicted molar refractivity (Wildman–Crippen MR) is 145 cm³/mol. The van der Waals surface area contributed by atoms with Gasteiger partial charge >= 0.3 is 0 Å². The molecule has 0 saturated heterocycles. The van der Waals surface area contributed by atoms with Gasteiger partial charge in [0.15, 0.2) is 6.61 Å². The van der Waals surface area contributed by atoms with Crippen LogP contribution in [-0.2, 0) is 22.6 Å². The number of halogens is 1. The lowest BCUT2D eigenvalue weighted by molar-refractivity contribution is -0.143. The Bertz CT molecular complexity index is 1170. The van der Waals surface area contributed by atoms with Crippen molar-refractivity contribution in [3.05, 3.63) is 100 Å². The Morgan fingerprint density at radius 2 is 1.67 bits per heavy atom. The fourth-order valence-electron chi connectivity index (χ4n) is 3.86.